The third-order valence-corrected chi connectivity index (χ3v) is 11.6. The first kappa shape index (κ1) is 31.9. The molecule has 0 aliphatic heterocycles. The summed E-state index contributed by atoms with van der Waals surface area (Å²) in [6, 6.07) is 11.2. The number of nitrogen functional groups attached to an aromatic ring is 1. The number of aryl methyl sites for hydroxylation is 2. The van der Waals surface area contributed by atoms with Gasteiger partial charge in [0.25, 0.3) is 0 Å². The highest BCUT2D eigenvalue weighted by Crippen LogP contribution is 2.62. The summed E-state index contributed by atoms with van der Waals surface area (Å²) in [6.45, 7) is 2.39. The molecule has 3 aliphatic carbocycles. The molecule has 5 nitrogen and oxygen atoms in total. The molecular formula is C38H55NO4. The van der Waals surface area contributed by atoms with Gasteiger partial charge in [0.05, 0.1) is 11.7 Å². The summed E-state index contributed by atoms with van der Waals surface area (Å²) in [5.74, 6) is 1.87. The van der Waals surface area contributed by atoms with E-state index >= 15 is 0 Å². The molecule has 6 atom stereocenters. The molecule has 2 aromatic carbocycles. The zero-order valence-electron chi connectivity index (χ0n) is 26.4. The Morgan fingerprint density at radius 1 is 0.907 bits per heavy atom. The molecule has 0 radical (unpaired) electrons. The number of anilines is 1. The highest BCUT2D eigenvalue weighted by atomic mass is 16.4. The van der Waals surface area contributed by atoms with Crippen LogP contribution >= 0.6 is 0 Å². The fourth-order valence-electron chi connectivity index (χ4n) is 9.31. The molecule has 0 heterocycles. The molecule has 3 aliphatic rings. The number of aromatic hydroxyl groups is 1. The van der Waals surface area contributed by atoms with Crippen molar-refractivity contribution in [2.45, 2.75) is 135 Å². The van der Waals surface area contributed by atoms with Crippen molar-refractivity contribution in [1.82, 2.24) is 0 Å². The SMILES string of the molecule is C[C@]12CC[C@@H]3c4ccc(O)cc4CC[C@H]3[C@@H]1C[C@H](CCCCCCCCCCCCCc1cc(N)cc(C(=O)O)c1)[C@@H]2O. The fourth-order valence-corrected chi connectivity index (χ4v) is 9.31. The van der Waals surface area contributed by atoms with Crippen molar-refractivity contribution >= 4 is 11.7 Å². The van der Waals surface area contributed by atoms with Crippen molar-refractivity contribution in [3.05, 3.63) is 58.7 Å². The number of hydrogen-bond acceptors (Lipinski definition) is 4. The first-order valence-corrected chi connectivity index (χ1v) is 17.4. The van der Waals surface area contributed by atoms with Crippen molar-refractivity contribution in [2.24, 2.45) is 23.2 Å². The minimum absolute atomic E-state index is 0.0830. The van der Waals surface area contributed by atoms with Gasteiger partial charge in [-0.2, -0.15) is 0 Å². The second-order valence-corrected chi connectivity index (χ2v) is 14.5. The monoisotopic (exact) mass is 589 g/mol. The lowest BCUT2D eigenvalue weighted by Crippen LogP contribution is -2.44. The first-order chi connectivity index (χ1) is 20.8. The number of aliphatic hydroxyl groups is 1. The number of fused-ring (bicyclic) bond motifs is 5. The predicted octanol–water partition coefficient (Wildman–Crippen LogP) is 9.04. The van der Waals surface area contributed by atoms with Crippen molar-refractivity contribution in [3.63, 3.8) is 0 Å². The van der Waals surface area contributed by atoms with E-state index in [9.17, 15) is 20.1 Å². The maximum absolute atomic E-state index is 11.5. The molecule has 43 heavy (non-hydrogen) atoms. The van der Waals surface area contributed by atoms with Crippen LogP contribution in [0.3, 0.4) is 0 Å². The van der Waals surface area contributed by atoms with Gasteiger partial charge in [0, 0.05) is 5.69 Å². The van der Waals surface area contributed by atoms with Gasteiger partial charge in [-0.15, -0.1) is 0 Å². The van der Waals surface area contributed by atoms with Gasteiger partial charge >= 0.3 is 5.97 Å². The van der Waals surface area contributed by atoms with E-state index < -0.39 is 5.97 Å². The zero-order valence-corrected chi connectivity index (χ0v) is 26.4. The second kappa shape index (κ2) is 14.5. The number of rotatable bonds is 15. The fraction of sp³-hybridized carbons (Fsp3) is 0.658. The maximum Gasteiger partial charge on any atom is 0.335 e. The first-order valence-electron chi connectivity index (χ1n) is 17.4. The number of phenols is 1. The summed E-state index contributed by atoms with van der Waals surface area (Å²) in [5.41, 5.74) is 10.6. The van der Waals surface area contributed by atoms with Gasteiger partial charge in [-0.05, 0) is 127 Å². The predicted molar refractivity (Wildman–Crippen MR) is 175 cm³/mol. The smallest absolute Gasteiger partial charge is 0.335 e. The van der Waals surface area contributed by atoms with Crippen molar-refractivity contribution in [3.8, 4) is 5.75 Å². The van der Waals surface area contributed by atoms with E-state index in [0.29, 0.717) is 35.1 Å². The molecule has 5 rings (SSSR count). The van der Waals surface area contributed by atoms with Crippen LogP contribution in [-0.4, -0.2) is 27.4 Å². The molecule has 5 N–H and O–H groups in total. The molecular weight excluding hydrogens is 534 g/mol. The number of benzene rings is 2. The van der Waals surface area contributed by atoms with Crippen LogP contribution in [0, 0.1) is 23.2 Å². The molecule has 0 aromatic heterocycles. The van der Waals surface area contributed by atoms with Gasteiger partial charge in [0.15, 0.2) is 0 Å². The van der Waals surface area contributed by atoms with Crippen LogP contribution in [0.4, 0.5) is 5.69 Å². The van der Waals surface area contributed by atoms with Crippen molar-refractivity contribution in [1.29, 1.82) is 0 Å². The van der Waals surface area contributed by atoms with Gasteiger partial charge in [-0.1, -0.05) is 77.2 Å². The van der Waals surface area contributed by atoms with Crippen molar-refractivity contribution in [2.75, 3.05) is 5.73 Å². The molecule has 2 aromatic rings. The highest BCUT2D eigenvalue weighted by Gasteiger charge is 2.57. The summed E-state index contributed by atoms with van der Waals surface area (Å²) in [4.78, 5) is 11.2. The Morgan fingerprint density at radius 3 is 2.28 bits per heavy atom. The number of carbonyl (C=O) groups is 1. The van der Waals surface area contributed by atoms with E-state index in [-0.39, 0.29) is 17.1 Å². The number of aliphatic hydroxyl groups excluding tert-OH is 1. The molecule has 2 fully saturated rings. The number of hydrogen-bond donors (Lipinski definition) is 4. The molecule has 5 heteroatoms. The Balaban J connectivity index is 0.917. The number of unbranched alkanes of at least 4 members (excludes halogenated alkanes) is 10. The quantitative estimate of drug-likeness (QED) is 0.123. The van der Waals surface area contributed by atoms with Gasteiger partial charge < -0.3 is 21.1 Å². The summed E-state index contributed by atoms with van der Waals surface area (Å²) < 4.78 is 0. The molecule has 0 unspecified atom stereocenters. The third-order valence-electron chi connectivity index (χ3n) is 11.6. The molecule has 0 spiro atoms. The van der Waals surface area contributed by atoms with Gasteiger partial charge in [0.1, 0.15) is 5.75 Å². The summed E-state index contributed by atoms with van der Waals surface area (Å²) in [5, 5.41) is 30.6. The highest BCUT2D eigenvalue weighted by molar-refractivity contribution is 5.89. The Hall–Kier alpha value is -2.53. The van der Waals surface area contributed by atoms with E-state index in [1.54, 1.807) is 6.07 Å². The normalized spacial score (nSPS) is 27.8. The number of carboxylic acids is 1. The van der Waals surface area contributed by atoms with Crippen LogP contribution in [0.1, 0.15) is 143 Å². The molecule has 2 saturated carbocycles. The van der Waals surface area contributed by atoms with E-state index in [0.717, 1.165) is 31.2 Å². The average Bonchev–Trinajstić information content (AvgIpc) is 3.24. The zero-order chi connectivity index (χ0) is 30.4. The number of carboxylic acid groups (broad SMARTS) is 1. The number of phenolic OH excluding ortho intramolecular Hbond substituents is 1. The summed E-state index contributed by atoms with van der Waals surface area (Å²) in [7, 11) is 0. The Labute approximate surface area is 259 Å². The largest absolute Gasteiger partial charge is 0.508 e. The van der Waals surface area contributed by atoms with Gasteiger partial charge in [-0.25, -0.2) is 4.79 Å². The Kier molecular flexibility index (Phi) is 10.8. The van der Waals surface area contributed by atoms with Crippen LogP contribution in [0.5, 0.6) is 5.75 Å². The number of aromatic carboxylic acids is 1. The lowest BCUT2D eigenvalue weighted by molar-refractivity contribution is -0.0335. The topological polar surface area (TPSA) is 104 Å². The van der Waals surface area contributed by atoms with Crippen molar-refractivity contribution < 1.29 is 20.1 Å². The summed E-state index contributed by atoms with van der Waals surface area (Å²) in [6.07, 6.45) is 21.7. The Bertz CT molecular complexity index is 1230. The van der Waals surface area contributed by atoms with E-state index in [2.05, 4.69) is 13.0 Å². The van der Waals surface area contributed by atoms with Crippen LogP contribution < -0.4 is 5.73 Å². The Morgan fingerprint density at radius 2 is 1.58 bits per heavy atom. The maximum atomic E-state index is 11.5. The standard InChI is InChI=1S/C38H55NO4/c1-38-20-19-33-32-18-16-31(40)24-27(32)15-17-34(33)35(38)25-28(36(38)41)14-12-10-8-6-4-2-3-5-7-9-11-13-26-21-29(37(42)43)23-30(39)22-26/h16,18,21-24,28,33-36,40-41H,2-15,17,19-20,25,39H2,1H3,(H,42,43)/t28-,33+,34+,35-,36-,38-/m0/s1. The van der Waals surface area contributed by atoms with Crippen LogP contribution in [0.15, 0.2) is 36.4 Å². The molecule has 236 valence electrons. The van der Waals surface area contributed by atoms with Gasteiger partial charge in [-0.3, -0.25) is 0 Å². The summed E-state index contributed by atoms with van der Waals surface area (Å²) >= 11 is 0. The van der Waals surface area contributed by atoms with Crippen LogP contribution in [0.25, 0.3) is 0 Å². The average molecular weight is 590 g/mol. The molecule has 0 amide bonds. The third kappa shape index (κ3) is 7.59. The second-order valence-electron chi connectivity index (χ2n) is 14.5. The minimum atomic E-state index is -0.915. The molecule has 0 saturated heterocycles. The van der Waals surface area contributed by atoms with Crippen LogP contribution in [-0.2, 0) is 12.8 Å². The van der Waals surface area contributed by atoms with Crippen LogP contribution in [0.2, 0.25) is 0 Å². The molecule has 0 bridgehead atoms. The lowest BCUT2D eigenvalue weighted by atomic mass is 9.55. The van der Waals surface area contributed by atoms with Gasteiger partial charge in [0.2, 0.25) is 0 Å². The lowest BCUT2D eigenvalue weighted by Gasteiger charge is -2.50. The van der Waals surface area contributed by atoms with E-state index in [1.807, 2.05) is 18.2 Å². The number of nitrogens with two attached hydrogens (primary N) is 1. The van der Waals surface area contributed by atoms with E-state index in [4.69, 9.17) is 5.73 Å². The minimum Gasteiger partial charge on any atom is -0.508 e. The van der Waals surface area contributed by atoms with E-state index in [1.165, 1.54) is 107 Å².